The summed E-state index contributed by atoms with van der Waals surface area (Å²) in [6.45, 7) is 8.01. The lowest BCUT2D eigenvalue weighted by Gasteiger charge is -2.37. The van der Waals surface area contributed by atoms with Crippen LogP contribution in [0.5, 0.6) is 5.88 Å². The second-order valence-electron chi connectivity index (χ2n) is 6.57. The summed E-state index contributed by atoms with van der Waals surface area (Å²) in [5.74, 6) is 0.671. The van der Waals surface area contributed by atoms with Crippen LogP contribution in [0.25, 0.3) is 0 Å². The van der Waals surface area contributed by atoms with Crippen molar-refractivity contribution in [3.05, 3.63) is 23.4 Å². The van der Waals surface area contributed by atoms with Gasteiger partial charge in [-0.1, -0.05) is 17.4 Å². The molecule has 2 aromatic heterocycles. The van der Waals surface area contributed by atoms with Gasteiger partial charge in [0.1, 0.15) is 0 Å². The van der Waals surface area contributed by atoms with Crippen LogP contribution in [0.4, 0.5) is 10.3 Å². The van der Waals surface area contributed by atoms with Gasteiger partial charge in [0.15, 0.2) is 0 Å². The van der Waals surface area contributed by atoms with Crippen LogP contribution >= 0.6 is 11.3 Å². The van der Waals surface area contributed by atoms with Crippen molar-refractivity contribution in [2.45, 2.75) is 26.3 Å². The van der Waals surface area contributed by atoms with Crippen molar-refractivity contribution in [2.24, 2.45) is 0 Å². The van der Waals surface area contributed by atoms with Crippen molar-refractivity contribution in [1.29, 1.82) is 0 Å². The Kier molecular flexibility index (Phi) is 4.73. The summed E-state index contributed by atoms with van der Waals surface area (Å²) < 4.78 is 5.60. The molecule has 0 unspecified atom stereocenters. The largest absolute Gasteiger partial charge is 0.477 e. The predicted molar refractivity (Wildman–Crippen MR) is 99.8 cm³/mol. The van der Waals surface area contributed by atoms with Crippen LogP contribution in [-0.4, -0.2) is 58.8 Å². The van der Waals surface area contributed by atoms with Gasteiger partial charge in [-0.2, -0.15) is 0 Å². The molecule has 1 fully saturated rings. The first-order chi connectivity index (χ1) is 12.6. The number of hydrogen-bond acceptors (Lipinski definition) is 8. The molecule has 8 nitrogen and oxygen atoms in total. The van der Waals surface area contributed by atoms with Gasteiger partial charge >= 0.3 is 0 Å². The molecule has 138 valence electrons. The Balaban J connectivity index is 1.37. The maximum atomic E-state index is 11.1. The van der Waals surface area contributed by atoms with Gasteiger partial charge in [0, 0.05) is 51.1 Å². The van der Waals surface area contributed by atoms with Crippen molar-refractivity contribution in [2.75, 3.05) is 43.0 Å². The lowest BCUT2D eigenvalue weighted by molar-refractivity contribution is -0.114. The monoisotopic (exact) mass is 374 g/mol. The first-order valence-electron chi connectivity index (χ1n) is 8.83. The molecule has 1 saturated heterocycles. The summed E-state index contributed by atoms with van der Waals surface area (Å²) >= 11 is 1.41. The van der Waals surface area contributed by atoms with E-state index in [0.717, 1.165) is 55.9 Å². The van der Waals surface area contributed by atoms with Gasteiger partial charge in [-0.15, -0.1) is 10.2 Å². The number of rotatable bonds is 4. The SMILES string of the molecule is CC(=O)Nc1nnc(N2CCN([C@@H](C)c3ccc4c(n3)OCC4)CC2)s1. The summed E-state index contributed by atoms with van der Waals surface area (Å²) in [4.78, 5) is 20.5. The van der Waals surface area contributed by atoms with E-state index < -0.39 is 0 Å². The maximum absolute atomic E-state index is 11.1. The van der Waals surface area contributed by atoms with Gasteiger partial charge in [-0.3, -0.25) is 9.69 Å². The molecule has 0 aliphatic carbocycles. The van der Waals surface area contributed by atoms with Crippen LogP contribution in [0.15, 0.2) is 12.1 Å². The molecular weight excluding hydrogens is 352 g/mol. The zero-order valence-corrected chi connectivity index (χ0v) is 15.8. The number of ether oxygens (including phenoxy) is 1. The van der Waals surface area contributed by atoms with Crippen molar-refractivity contribution >= 4 is 27.5 Å². The Bertz CT molecular complexity index is 802. The van der Waals surface area contributed by atoms with E-state index in [-0.39, 0.29) is 11.9 Å². The Morgan fingerprint density at radius 1 is 1.27 bits per heavy atom. The van der Waals surface area contributed by atoms with Gasteiger partial charge in [-0.25, -0.2) is 4.98 Å². The Hall–Kier alpha value is -2.26. The first-order valence-corrected chi connectivity index (χ1v) is 9.64. The molecule has 1 atom stereocenters. The van der Waals surface area contributed by atoms with Gasteiger partial charge in [0.2, 0.25) is 22.1 Å². The van der Waals surface area contributed by atoms with Crippen LogP contribution in [0.3, 0.4) is 0 Å². The average Bonchev–Trinajstić information content (AvgIpc) is 3.29. The highest BCUT2D eigenvalue weighted by Crippen LogP contribution is 2.29. The smallest absolute Gasteiger partial charge is 0.223 e. The molecule has 4 rings (SSSR count). The highest BCUT2D eigenvalue weighted by Gasteiger charge is 2.26. The fourth-order valence-electron chi connectivity index (χ4n) is 3.32. The summed E-state index contributed by atoms with van der Waals surface area (Å²) in [6.07, 6.45) is 0.956. The lowest BCUT2D eigenvalue weighted by atomic mass is 10.1. The van der Waals surface area contributed by atoms with Gasteiger partial charge in [0.25, 0.3) is 0 Å². The van der Waals surface area contributed by atoms with E-state index >= 15 is 0 Å². The fraction of sp³-hybridized carbons (Fsp3) is 0.529. The number of carbonyl (C=O) groups excluding carboxylic acids is 1. The number of hydrogen-bond donors (Lipinski definition) is 1. The molecule has 1 N–H and O–H groups in total. The third kappa shape index (κ3) is 3.49. The molecule has 9 heteroatoms. The zero-order valence-electron chi connectivity index (χ0n) is 14.9. The number of nitrogens with zero attached hydrogens (tertiary/aromatic N) is 5. The second-order valence-corrected chi connectivity index (χ2v) is 7.52. The number of aromatic nitrogens is 3. The molecule has 4 heterocycles. The van der Waals surface area contributed by atoms with Crippen LogP contribution in [0, 0.1) is 0 Å². The normalized spacial score (nSPS) is 18.3. The molecule has 2 aromatic rings. The molecule has 0 radical (unpaired) electrons. The lowest BCUT2D eigenvalue weighted by Crippen LogP contribution is -2.47. The molecule has 0 saturated carbocycles. The highest BCUT2D eigenvalue weighted by atomic mass is 32.1. The van der Waals surface area contributed by atoms with Crippen LogP contribution in [0.1, 0.15) is 31.1 Å². The maximum Gasteiger partial charge on any atom is 0.223 e. The Morgan fingerprint density at radius 3 is 2.85 bits per heavy atom. The van der Waals surface area contributed by atoms with Gasteiger partial charge in [0.05, 0.1) is 12.3 Å². The van der Waals surface area contributed by atoms with Crippen molar-refractivity contribution < 1.29 is 9.53 Å². The van der Waals surface area contributed by atoms with E-state index in [1.165, 1.54) is 23.8 Å². The summed E-state index contributed by atoms with van der Waals surface area (Å²) in [5, 5.41) is 12.3. The standard InChI is InChI=1S/C17H22N6O2S/c1-11(14-4-3-13-5-10-25-15(13)19-14)22-6-8-23(9-7-22)17-21-20-16(26-17)18-12(2)24/h3-4,11H,5-10H2,1-2H3,(H,18,20,24)/t11-/m0/s1. The average molecular weight is 374 g/mol. The number of fused-ring (bicyclic) bond motifs is 1. The van der Waals surface area contributed by atoms with E-state index in [9.17, 15) is 4.79 Å². The molecule has 26 heavy (non-hydrogen) atoms. The number of carbonyl (C=O) groups is 1. The fourth-order valence-corrected chi connectivity index (χ4v) is 4.16. The summed E-state index contributed by atoms with van der Waals surface area (Å²) in [5.41, 5.74) is 2.26. The van der Waals surface area contributed by atoms with Crippen molar-refractivity contribution in [1.82, 2.24) is 20.1 Å². The molecule has 0 aromatic carbocycles. The Labute approximate surface area is 156 Å². The number of amides is 1. The minimum Gasteiger partial charge on any atom is -0.477 e. The van der Waals surface area contributed by atoms with E-state index in [4.69, 9.17) is 9.72 Å². The van der Waals surface area contributed by atoms with E-state index in [2.05, 4.69) is 44.4 Å². The number of anilines is 2. The van der Waals surface area contributed by atoms with Crippen molar-refractivity contribution in [3.63, 3.8) is 0 Å². The van der Waals surface area contributed by atoms with Crippen LogP contribution in [0.2, 0.25) is 0 Å². The van der Waals surface area contributed by atoms with Crippen molar-refractivity contribution in [3.8, 4) is 5.88 Å². The van der Waals surface area contributed by atoms with Gasteiger partial charge < -0.3 is 15.0 Å². The third-order valence-corrected chi connectivity index (χ3v) is 5.73. The molecule has 0 spiro atoms. The van der Waals surface area contributed by atoms with Crippen LogP contribution < -0.4 is 15.0 Å². The quantitative estimate of drug-likeness (QED) is 0.872. The number of pyridine rings is 1. The van der Waals surface area contributed by atoms with E-state index in [1.807, 2.05) is 0 Å². The molecular formula is C17H22N6O2S. The van der Waals surface area contributed by atoms with E-state index in [1.54, 1.807) is 0 Å². The zero-order chi connectivity index (χ0) is 18.1. The first kappa shape index (κ1) is 17.2. The summed E-state index contributed by atoms with van der Waals surface area (Å²) in [7, 11) is 0. The topological polar surface area (TPSA) is 83.5 Å². The third-order valence-electron chi connectivity index (χ3n) is 4.83. The predicted octanol–water partition coefficient (Wildman–Crippen LogP) is 1.71. The van der Waals surface area contributed by atoms with E-state index in [0.29, 0.717) is 5.13 Å². The van der Waals surface area contributed by atoms with Gasteiger partial charge in [-0.05, 0) is 13.0 Å². The van der Waals surface area contributed by atoms with Crippen LogP contribution in [-0.2, 0) is 11.2 Å². The Morgan fingerprint density at radius 2 is 2.08 bits per heavy atom. The number of nitrogens with one attached hydrogen (secondary N) is 1. The minimum atomic E-state index is -0.128. The molecule has 1 amide bonds. The summed E-state index contributed by atoms with van der Waals surface area (Å²) in [6, 6.07) is 4.51. The molecule has 2 aliphatic heterocycles. The molecule has 2 aliphatic rings. The molecule has 0 bridgehead atoms. The number of piperazine rings is 1. The second kappa shape index (κ2) is 7.16. The highest BCUT2D eigenvalue weighted by molar-refractivity contribution is 7.19. The minimum absolute atomic E-state index is 0.128.